The number of nitrogens with two attached hydrogens (primary N) is 1. The molecule has 0 saturated carbocycles. The molecule has 0 spiro atoms. The van der Waals surface area contributed by atoms with Crippen molar-refractivity contribution in [3.05, 3.63) is 35.9 Å². The van der Waals surface area contributed by atoms with E-state index in [9.17, 15) is 8.42 Å². The quantitative estimate of drug-likeness (QED) is 0.666. The Labute approximate surface area is 116 Å². The highest BCUT2D eigenvalue weighted by Gasteiger charge is 2.29. The Morgan fingerprint density at radius 3 is 2.42 bits per heavy atom. The second-order valence-electron chi connectivity index (χ2n) is 4.88. The Balaban J connectivity index is 3.50. The van der Waals surface area contributed by atoms with E-state index in [4.69, 9.17) is 5.73 Å². The minimum atomic E-state index is -3.61. The van der Waals surface area contributed by atoms with Crippen LogP contribution in [0.2, 0.25) is 0 Å². The number of hydrogen-bond donors (Lipinski definition) is 1. The molecule has 5 heteroatoms. The Morgan fingerprint density at radius 1 is 1.37 bits per heavy atom. The van der Waals surface area contributed by atoms with E-state index in [2.05, 4.69) is 6.58 Å². The second-order valence-corrected chi connectivity index (χ2v) is 6.71. The van der Waals surface area contributed by atoms with Crippen LogP contribution in [0.1, 0.15) is 25.0 Å². The summed E-state index contributed by atoms with van der Waals surface area (Å²) in [7, 11) is -3.61. The van der Waals surface area contributed by atoms with Gasteiger partial charge in [0, 0.05) is 12.6 Å². The SMILES string of the molecule is C=CCN(C(C)C)S(=O)(=O)c1c(N)ccc(C)c1C. The predicted molar refractivity (Wildman–Crippen MR) is 79.6 cm³/mol. The molecule has 0 radical (unpaired) electrons. The van der Waals surface area contributed by atoms with E-state index >= 15 is 0 Å². The fourth-order valence-corrected chi connectivity index (χ4v) is 3.99. The van der Waals surface area contributed by atoms with E-state index in [1.54, 1.807) is 19.1 Å². The molecular formula is C14H22N2O2S. The summed E-state index contributed by atoms with van der Waals surface area (Å²) in [4.78, 5) is 0.211. The normalized spacial score (nSPS) is 12.1. The van der Waals surface area contributed by atoms with E-state index < -0.39 is 10.0 Å². The zero-order valence-corrected chi connectivity index (χ0v) is 12.8. The van der Waals surface area contributed by atoms with E-state index in [1.165, 1.54) is 4.31 Å². The van der Waals surface area contributed by atoms with Crippen LogP contribution in [-0.2, 0) is 10.0 Å². The van der Waals surface area contributed by atoms with E-state index in [1.807, 2.05) is 26.8 Å². The zero-order valence-electron chi connectivity index (χ0n) is 12.0. The molecule has 0 bridgehead atoms. The van der Waals surface area contributed by atoms with Crippen molar-refractivity contribution in [1.82, 2.24) is 4.31 Å². The largest absolute Gasteiger partial charge is 0.398 e. The first-order chi connectivity index (χ1) is 8.73. The highest BCUT2D eigenvalue weighted by molar-refractivity contribution is 7.89. The van der Waals surface area contributed by atoms with Gasteiger partial charge in [-0.2, -0.15) is 4.31 Å². The Hall–Kier alpha value is -1.33. The molecule has 0 aliphatic heterocycles. The van der Waals surface area contributed by atoms with Gasteiger partial charge in [-0.3, -0.25) is 0 Å². The number of nitrogens with zero attached hydrogens (tertiary/aromatic N) is 1. The van der Waals surface area contributed by atoms with Crippen molar-refractivity contribution in [2.45, 2.75) is 38.6 Å². The number of sulfonamides is 1. The number of hydrogen-bond acceptors (Lipinski definition) is 3. The third-order valence-corrected chi connectivity index (χ3v) is 5.40. The fourth-order valence-electron chi connectivity index (χ4n) is 1.98. The second kappa shape index (κ2) is 5.75. The van der Waals surface area contributed by atoms with Gasteiger partial charge in [-0.05, 0) is 44.9 Å². The lowest BCUT2D eigenvalue weighted by molar-refractivity contribution is 0.383. The summed E-state index contributed by atoms with van der Waals surface area (Å²) < 4.78 is 26.9. The zero-order chi connectivity index (χ0) is 14.8. The molecule has 1 aromatic rings. The van der Waals surface area contributed by atoms with Crippen LogP contribution >= 0.6 is 0 Å². The summed E-state index contributed by atoms with van der Waals surface area (Å²) in [6.45, 7) is 11.2. The molecule has 0 aromatic heterocycles. The highest BCUT2D eigenvalue weighted by Crippen LogP contribution is 2.29. The first-order valence-corrected chi connectivity index (χ1v) is 7.66. The predicted octanol–water partition coefficient (Wildman–Crippen LogP) is 2.47. The summed E-state index contributed by atoms with van der Waals surface area (Å²) >= 11 is 0. The van der Waals surface area contributed by atoms with Crippen molar-refractivity contribution >= 4 is 15.7 Å². The Kier molecular flexibility index (Phi) is 4.76. The third kappa shape index (κ3) is 2.98. The van der Waals surface area contributed by atoms with Crippen LogP contribution in [0.4, 0.5) is 5.69 Å². The first-order valence-electron chi connectivity index (χ1n) is 6.22. The number of anilines is 1. The molecular weight excluding hydrogens is 260 g/mol. The molecule has 106 valence electrons. The van der Waals surface area contributed by atoms with Crippen LogP contribution in [0.5, 0.6) is 0 Å². The molecule has 0 unspecified atom stereocenters. The highest BCUT2D eigenvalue weighted by atomic mass is 32.2. The summed E-state index contributed by atoms with van der Waals surface area (Å²) in [5.74, 6) is 0. The van der Waals surface area contributed by atoms with Crippen molar-refractivity contribution in [2.75, 3.05) is 12.3 Å². The fraction of sp³-hybridized carbons (Fsp3) is 0.429. The Bertz CT molecular complexity index is 577. The molecule has 2 N–H and O–H groups in total. The third-order valence-electron chi connectivity index (χ3n) is 3.16. The minimum absolute atomic E-state index is 0.151. The van der Waals surface area contributed by atoms with Crippen LogP contribution < -0.4 is 5.73 Å². The van der Waals surface area contributed by atoms with Gasteiger partial charge in [0.05, 0.1) is 5.69 Å². The van der Waals surface area contributed by atoms with Gasteiger partial charge in [-0.15, -0.1) is 6.58 Å². The molecule has 4 nitrogen and oxygen atoms in total. The number of nitrogen functional groups attached to an aromatic ring is 1. The summed E-state index contributed by atoms with van der Waals surface area (Å²) in [6, 6.07) is 3.32. The standard InChI is InChI=1S/C14H22N2O2S/c1-6-9-16(10(2)3)19(17,18)14-12(5)11(4)7-8-13(14)15/h6-8,10H,1,9,15H2,2-5H3. The number of aryl methyl sites for hydroxylation is 1. The lowest BCUT2D eigenvalue weighted by Gasteiger charge is -2.26. The molecule has 0 aliphatic rings. The Morgan fingerprint density at radius 2 is 1.95 bits per heavy atom. The van der Waals surface area contributed by atoms with Crippen molar-refractivity contribution in [3.8, 4) is 0 Å². The van der Waals surface area contributed by atoms with Crippen LogP contribution in [0.25, 0.3) is 0 Å². The van der Waals surface area contributed by atoms with E-state index in [-0.39, 0.29) is 23.2 Å². The van der Waals surface area contributed by atoms with Gasteiger partial charge in [-0.1, -0.05) is 12.1 Å². The van der Waals surface area contributed by atoms with E-state index in [0.717, 1.165) is 5.56 Å². The van der Waals surface area contributed by atoms with Gasteiger partial charge in [0.15, 0.2) is 0 Å². The smallest absolute Gasteiger partial charge is 0.245 e. The molecule has 0 fully saturated rings. The van der Waals surface area contributed by atoms with Gasteiger partial charge in [0.25, 0.3) is 0 Å². The average Bonchev–Trinajstić information content (AvgIpc) is 2.30. The molecule has 0 saturated heterocycles. The first kappa shape index (κ1) is 15.7. The number of benzene rings is 1. The molecule has 0 amide bonds. The lowest BCUT2D eigenvalue weighted by atomic mass is 10.1. The topological polar surface area (TPSA) is 63.4 Å². The molecule has 19 heavy (non-hydrogen) atoms. The van der Waals surface area contributed by atoms with Crippen molar-refractivity contribution in [1.29, 1.82) is 0 Å². The summed E-state index contributed by atoms with van der Waals surface area (Å²) in [6.07, 6.45) is 1.58. The van der Waals surface area contributed by atoms with E-state index in [0.29, 0.717) is 5.56 Å². The van der Waals surface area contributed by atoms with Gasteiger partial charge >= 0.3 is 0 Å². The lowest BCUT2D eigenvalue weighted by Crippen LogP contribution is -2.37. The van der Waals surface area contributed by atoms with Crippen LogP contribution in [0.3, 0.4) is 0 Å². The van der Waals surface area contributed by atoms with Gasteiger partial charge in [0.1, 0.15) is 4.90 Å². The monoisotopic (exact) mass is 282 g/mol. The van der Waals surface area contributed by atoms with Gasteiger partial charge < -0.3 is 5.73 Å². The minimum Gasteiger partial charge on any atom is -0.398 e. The van der Waals surface area contributed by atoms with Crippen molar-refractivity contribution in [3.63, 3.8) is 0 Å². The summed E-state index contributed by atoms with van der Waals surface area (Å²) in [5, 5.41) is 0. The maximum Gasteiger partial charge on any atom is 0.245 e. The van der Waals surface area contributed by atoms with Crippen molar-refractivity contribution in [2.24, 2.45) is 0 Å². The number of rotatable bonds is 5. The maximum atomic E-state index is 12.8. The maximum absolute atomic E-state index is 12.8. The average molecular weight is 282 g/mol. The van der Waals surface area contributed by atoms with Crippen LogP contribution in [0, 0.1) is 13.8 Å². The molecule has 0 aliphatic carbocycles. The van der Waals surface area contributed by atoms with Gasteiger partial charge in [0.2, 0.25) is 10.0 Å². The van der Waals surface area contributed by atoms with Crippen LogP contribution in [-0.4, -0.2) is 25.3 Å². The molecule has 0 atom stereocenters. The molecule has 1 aromatic carbocycles. The van der Waals surface area contributed by atoms with Crippen molar-refractivity contribution < 1.29 is 8.42 Å². The summed E-state index contributed by atoms with van der Waals surface area (Å²) in [5.41, 5.74) is 7.78. The molecule has 0 heterocycles. The van der Waals surface area contributed by atoms with Gasteiger partial charge in [-0.25, -0.2) is 8.42 Å². The molecule has 1 rings (SSSR count). The van der Waals surface area contributed by atoms with Crippen LogP contribution in [0.15, 0.2) is 29.7 Å².